The predicted octanol–water partition coefficient (Wildman–Crippen LogP) is 1.78. The molecule has 7 nitrogen and oxygen atoms in total. The minimum Gasteiger partial charge on any atom is -0.497 e. The molecular formula is C15H17N5O2. The first-order valence-electron chi connectivity index (χ1n) is 6.80. The van der Waals surface area contributed by atoms with E-state index in [1.54, 1.807) is 25.1 Å². The number of ether oxygens (including phenoxy) is 2. The molecule has 2 heterocycles. The lowest BCUT2D eigenvalue weighted by molar-refractivity contribution is 0.391. The Kier molecular flexibility index (Phi) is 3.78. The summed E-state index contributed by atoms with van der Waals surface area (Å²) in [5.41, 5.74) is 1.77. The number of hydrogen-bond acceptors (Lipinski definition) is 6. The van der Waals surface area contributed by atoms with E-state index in [1.807, 2.05) is 42.3 Å². The van der Waals surface area contributed by atoms with Gasteiger partial charge in [-0.3, -0.25) is 0 Å². The van der Waals surface area contributed by atoms with Crippen LogP contribution in [-0.2, 0) is 6.54 Å². The van der Waals surface area contributed by atoms with E-state index in [-0.39, 0.29) is 0 Å². The molecule has 0 aliphatic heterocycles. The lowest BCUT2D eigenvalue weighted by Gasteiger charge is -2.19. The Bertz CT molecular complexity index is 786. The zero-order valence-corrected chi connectivity index (χ0v) is 12.7. The van der Waals surface area contributed by atoms with Crippen LogP contribution in [-0.4, -0.2) is 41.1 Å². The number of hydrogen-bond donors (Lipinski definition) is 0. The second-order valence-corrected chi connectivity index (χ2v) is 4.86. The molecule has 0 saturated heterocycles. The number of benzene rings is 1. The van der Waals surface area contributed by atoms with Gasteiger partial charge in [0.1, 0.15) is 23.6 Å². The topological polar surface area (TPSA) is 64.8 Å². The molecule has 22 heavy (non-hydrogen) atoms. The first-order chi connectivity index (χ1) is 10.7. The van der Waals surface area contributed by atoms with Gasteiger partial charge in [-0.2, -0.15) is 4.52 Å². The lowest BCUT2D eigenvalue weighted by Crippen LogP contribution is -2.19. The molecule has 0 amide bonds. The molecule has 0 fully saturated rings. The van der Waals surface area contributed by atoms with Gasteiger partial charge in [-0.1, -0.05) is 0 Å². The minimum absolute atomic E-state index is 0.661. The van der Waals surface area contributed by atoms with Crippen LogP contribution in [0.25, 0.3) is 5.65 Å². The smallest absolute Gasteiger partial charge is 0.177 e. The quantitative estimate of drug-likeness (QED) is 0.715. The molecule has 0 saturated carbocycles. The second kappa shape index (κ2) is 5.88. The Morgan fingerprint density at radius 2 is 2.00 bits per heavy atom. The van der Waals surface area contributed by atoms with Crippen LogP contribution < -0.4 is 14.4 Å². The molecule has 0 aliphatic carbocycles. The van der Waals surface area contributed by atoms with Crippen molar-refractivity contribution in [2.24, 2.45) is 0 Å². The fourth-order valence-corrected chi connectivity index (χ4v) is 2.24. The molecule has 1 aromatic carbocycles. The van der Waals surface area contributed by atoms with Crippen LogP contribution >= 0.6 is 0 Å². The van der Waals surface area contributed by atoms with E-state index in [1.165, 1.54) is 0 Å². The van der Waals surface area contributed by atoms with Gasteiger partial charge in [-0.15, -0.1) is 15.3 Å². The summed E-state index contributed by atoms with van der Waals surface area (Å²) in [4.78, 5) is 2.03. The van der Waals surface area contributed by atoms with Gasteiger partial charge in [-0.25, -0.2) is 0 Å². The zero-order chi connectivity index (χ0) is 15.5. The van der Waals surface area contributed by atoms with E-state index in [4.69, 9.17) is 9.47 Å². The fraction of sp³-hybridized carbons (Fsp3) is 0.267. The first kappa shape index (κ1) is 14.1. The molecule has 114 valence electrons. The number of nitrogens with zero attached hydrogens (tertiary/aromatic N) is 5. The van der Waals surface area contributed by atoms with E-state index in [0.717, 1.165) is 28.5 Å². The zero-order valence-electron chi connectivity index (χ0n) is 12.7. The van der Waals surface area contributed by atoms with E-state index in [2.05, 4.69) is 15.3 Å². The SMILES string of the molecule is COc1ccc(CN(C)c2ccc3nncn3n2)c(OC)c1. The number of aromatic nitrogens is 4. The second-order valence-electron chi connectivity index (χ2n) is 4.86. The summed E-state index contributed by atoms with van der Waals surface area (Å²) in [6, 6.07) is 9.59. The Morgan fingerprint density at radius 3 is 2.77 bits per heavy atom. The minimum atomic E-state index is 0.661. The molecule has 0 N–H and O–H groups in total. The summed E-state index contributed by atoms with van der Waals surface area (Å²) in [5.74, 6) is 2.38. The molecule has 3 aromatic rings. The van der Waals surface area contributed by atoms with E-state index in [0.29, 0.717) is 6.54 Å². The molecule has 0 aliphatic rings. The van der Waals surface area contributed by atoms with Crippen molar-refractivity contribution in [3.63, 3.8) is 0 Å². The predicted molar refractivity (Wildman–Crippen MR) is 82.4 cm³/mol. The van der Waals surface area contributed by atoms with Crippen molar-refractivity contribution >= 4 is 11.5 Å². The molecule has 0 radical (unpaired) electrons. The third-order valence-corrected chi connectivity index (χ3v) is 3.44. The molecule has 0 unspecified atom stereocenters. The summed E-state index contributed by atoms with van der Waals surface area (Å²) >= 11 is 0. The first-order valence-corrected chi connectivity index (χ1v) is 6.80. The van der Waals surface area contributed by atoms with Crippen molar-refractivity contribution in [2.45, 2.75) is 6.54 Å². The van der Waals surface area contributed by atoms with Gasteiger partial charge in [0.2, 0.25) is 0 Å². The van der Waals surface area contributed by atoms with Crippen LogP contribution in [0.15, 0.2) is 36.7 Å². The third kappa shape index (κ3) is 2.65. The van der Waals surface area contributed by atoms with E-state index in [9.17, 15) is 0 Å². The Balaban J connectivity index is 1.85. The molecule has 0 bridgehead atoms. The van der Waals surface area contributed by atoms with Crippen LogP contribution in [0.2, 0.25) is 0 Å². The van der Waals surface area contributed by atoms with E-state index >= 15 is 0 Å². The average molecular weight is 299 g/mol. The summed E-state index contributed by atoms with van der Waals surface area (Å²) < 4.78 is 12.3. The normalized spacial score (nSPS) is 10.7. The number of anilines is 1. The van der Waals surface area contributed by atoms with Crippen LogP contribution in [0.1, 0.15) is 5.56 Å². The molecule has 7 heteroatoms. The largest absolute Gasteiger partial charge is 0.497 e. The fourth-order valence-electron chi connectivity index (χ4n) is 2.24. The molecular weight excluding hydrogens is 282 g/mol. The maximum absolute atomic E-state index is 5.43. The van der Waals surface area contributed by atoms with Gasteiger partial charge in [0.05, 0.1) is 14.2 Å². The van der Waals surface area contributed by atoms with Gasteiger partial charge >= 0.3 is 0 Å². The van der Waals surface area contributed by atoms with Gasteiger partial charge in [0.15, 0.2) is 5.65 Å². The molecule has 3 rings (SSSR count). The highest BCUT2D eigenvalue weighted by molar-refractivity contribution is 5.47. The Hall–Kier alpha value is -2.83. The maximum Gasteiger partial charge on any atom is 0.177 e. The number of rotatable bonds is 5. The Labute approximate surface area is 128 Å². The van der Waals surface area contributed by atoms with Crippen molar-refractivity contribution in [3.05, 3.63) is 42.2 Å². The van der Waals surface area contributed by atoms with Crippen LogP contribution in [0.4, 0.5) is 5.82 Å². The van der Waals surface area contributed by atoms with Crippen LogP contribution in [0.3, 0.4) is 0 Å². The van der Waals surface area contributed by atoms with E-state index < -0.39 is 0 Å². The highest BCUT2D eigenvalue weighted by Crippen LogP contribution is 2.26. The van der Waals surface area contributed by atoms with Crippen molar-refractivity contribution in [1.82, 2.24) is 19.8 Å². The Morgan fingerprint density at radius 1 is 1.14 bits per heavy atom. The maximum atomic E-state index is 5.43. The number of fused-ring (bicyclic) bond motifs is 1. The van der Waals surface area contributed by atoms with Crippen LogP contribution in [0.5, 0.6) is 11.5 Å². The van der Waals surface area contributed by atoms with Crippen molar-refractivity contribution in [3.8, 4) is 11.5 Å². The summed E-state index contributed by atoms with van der Waals surface area (Å²) in [6.07, 6.45) is 1.58. The lowest BCUT2D eigenvalue weighted by atomic mass is 10.2. The monoisotopic (exact) mass is 299 g/mol. The number of methoxy groups -OCH3 is 2. The highest BCUT2D eigenvalue weighted by Gasteiger charge is 2.10. The van der Waals surface area contributed by atoms with Crippen molar-refractivity contribution in [2.75, 3.05) is 26.2 Å². The van der Waals surface area contributed by atoms with Crippen molar-refractivity contribution < 1.29 is 9.47 Å². The van der Waals surface area contributed by atoms with Crippen LogP contribution in [0, 0.1) is 0 Å². The molecule has 2 aromatic heterocycles. The standard InChI is InChI=1S/C15H17N5O2/c1-19(15-7-6-14-17-16-10-20(14)18-15)9-11-4-5-12(21-2)8-13(11)22-3/h4-8,10H,9H2,1-3H3. The van der Waals surface area contributed by atoms with Gasteiger partial charge in [0.25, 0.3) is 0 Å². The van der Waals surface area contributed by atoms with Gasteiger partial charge in [0, 0.05) is 25.2 Å². The van der Waals surface area contributed by atoms with Gasteiger partial charge < -0.3 is 14.4 Å². The average Bonchev–Trinajstić information content (AvgIpc) is 3.02. The van der Waals surface area contributed by atoms with Gasteiger partial charge in [-0.05, 0) is 24.3 Å². The molecule has 0 spiro atoms. The summed E-state index contributed by atoms with van der Waals surface area (Å²) in [6.45, 7) is 0.661. The molecule has 0 atom stereocenters. The summed E-state index contributed by atoms with van der Waals surface area (Å²) in [5, 5.41) is 12.3. The third-order valence-electron chi connectivity index (χ3n) is 3.44. The summed E-state index contributed by atoms with van der Waals surface area (Å²) in [7, 11) is 5.26. The van der Waals surface area contributed by atoms with Crippen molar-refractivity contribution in [1.29, 1.82) is 0 Å². The highest BCUT2D eigenvalue weighted by atomic mass is 16.5.